The van der Waals surface area contributed by atoms with Gasteiger partial charge in [0.15, 0.2) is 0 Å². The molecule has 0 bridgehead atoms. The Labute approximate surface area is 122 Å². The Balaban J connectivity index is 1.77. The van der Waals surface area contributed by atoms with Crippen molar-refractivity contribution in [1.82, 2.24) is 0 Å². The van der Waals surface area contributed by atoms with Gasteiger partial charge in [0.1, 0.15) is 17.7 Å². The summed E-state index contributed by atoms with van der Waals surface area (Å²) >= 11 is 0. The highest BCUT2D eigenvalue weighted by Gasteiger charge is 2.30. The number of hydrogen-bond acceptors (Lipinski definition) is 2. The monoisotopic (exact) mass is 286 g/mol. The molecule has 0 fully saturated rings. The van der Waals surface area contributed by atoms with Crippen LogP contribution in [0.3, 0.4) is 0 Å². The predicted octanol–water partition coefficient (Wildman–Crippen LogP) is 3.39. The van der Waals surface area contributed by atoms with Crippen LogP contribution in [0.15, 0.2) is 48.5 Å². The number of rotatable bonds is 4. The molecule has 21 heavy (non-hydrogen) atoms. The summed E-state index contributed by atoms with van der Waals surface area (Å²) in [7, 11) is 0. The van der Waals surface area contributed by atoms with Crippen LogP contribution in [0.4, 0.5) is 4.39 Å². The van der Waals surface area contributed by atoms with Crippen LogP contribution in [0.25, 0.3) is 0 Å². The molecule has 0 spiro atoms. The average Bonchev–Trinajstić information content (AvgIpc) is 2.87. The van der Waals surface area contributed by atoms with E-state index in [1.165, 1.54) is 18.2 Å². The molecule has 0 radical (unpaired) electrons. The van der Waals surface area contributed by atoms with Gasteiger partial charge < -0.3 is 9.84 Å². The summed E-state index contributed by atoms with van der Waals surface area (Å²) in [5.74, 6) is -1.33. The Morgan fingerprint density at radius 2 is 2.10 bits per heavy atom. The Bertz CT molecular complexity index is 644. The van der Waals surface area contributed by atoms with Gasteiger partial charge in [0.05, 0.1) is 5.92 Å². The molecule has 2 atom stereocenters. The Hall–Kier alpha value is -2.36. The van der Waals surface area contributed by atoms with E-state index >= 15 is 0 Å². The molecule has 1 N–H and O–H groups in total. The van der Waals surface area contributed by atoms with Crippen LogP contribution in [0.5, 0.6) is 5.75 Å². The van der Waals surface area contributed by atoms with Gasteiger partial charge in [0, 0.05) is 12.8 Å². The van der Waals surface area contributed by atoms with E-state index < -0.39 is 17.7 Å². The van der Waals surface area contributed by atoms with Crippen molar-refractivity contribution in [2.75, 3.05) is 0 Å². The van der Waals surface area contributed by atoms with Crippen molar-refractivity contribution in [3.05, 3.63) is 65.5 Å². The van der Waals surface area contributed by atoms with E-state index in [4.69, 9.17) is 4.74 Å². The molecule has 4 heteroatoms. The van der Waals surface area contributed by atoms with Crippen molar-refractivity contribution >= 4 is 5.97 Å². The lowest BCUT2D eigenvalue weighted by Crippen LogP contribution is -2.22. The molecule has 0 aliphatic carbocycles. The van der Waals surface area contributed by atoms with Gasteiger partial charge in [0.2, 0.25) is 0 Å². The molecule has 0 amide bonds. The maximum absolute atomic E-state index is 13.3. The summed E-state index contributed by atoms with van der Waals surface area (Å²) < 4.78 is 19.1. The lowest BCUT2D eigenvalue weighted by atomic mass is 9.91. The van der Waals surface area contributed by atoms with Gasteiger partial charge in [-0.1, -0.05) is 30.3 Å². The smallest absolute Gasteiger partial charge is 0.311 e. The summed E-state index contributed by atoms with van der Waals surface area (Å²) in [6.45, 7) is 0. The summed E-state index contributed by atoms with van der Waals surface area (Å²) in [5, 5.41) is 9.42. The van der Waals surface area contributed by atoms with E-state index in [1.54, 1.807) is 6.07 Å². The zero-order chi connectivity index (χ0) is 14.8. The SMILES string of the molecule is O=C(O)C(CC1Cc2ccccc2O1)c1cccc(F)c1. The Kier molecular flexibility index (Phi) is 3.60. The summed E-state index contributed by atoms with van der Waals surface area (Å²) in [4.78, 5) is 11.5. The van der Waals surface area contributed by atoms with Gasteiger partial charge in [-0.2, -0.15) is 0 Å². The second-order valence-electron chi connectivity index (χ2n) is 5.23. The number of carbonyl (C=O) groups is 1. The van der Waals surface area contributed by atoms with Crippen molar-refractivity contribution in [1.29, 1.82) is 0 Å². The highest BCUT2D eigenvalue weighted by Crippen LogP contribution is 2.33. The van der Waals surface area contributed by atoms with Gasteiger partial charge in [-0.15, -0.1) is 0 Å². The van der Waals surface area contributed by atoms with E-state index in [2.05, 4.69) is 0 Å². The van der Waals surface area contributed by atoms with Crippen LogP contribution >= 0.6 is 0 Å². The first-order valence-corrected chi connectivity index (χ1v) is 6.86. The fourth-order valence-electron chi connectivity index (χ4n) is 2.75. The molecule has 2 aromatic rings. The number of para-hydroxylation sites is 1. The van der Waals surface area contributed by atoms with Crippen LogP contribution in [0.2, 0.25) is 0 Å². The number of carboxylic acid groups (broad SMARTS) is 1. The van der Waals surface area contributed by atoms with Gasteiger partial charge in [-0.3, -0.25) is 4.79 Å². The average molecular weight is 286 g/mol. The lowest BCUT2D eigenvalue weighted by molar-refractivity contribution is -0.139. The quantitative estimate of drug-likeness (QED) is 0.937. The maximum Gasteiger partial charge on any atom is 0.311 e. The van der Waals surface area contributed by atoms with E-state index in [-0.39, 0.29) is 6.10 Å². The molecule has 1 aliphatic heterocycles. The molecule has 3 rings (SSSR count). The third kappa shape index (κ3) is 2.89. The molecule has 2 unspecified atom stereocenters. The van der Waals surface area contributed by atoms with E-state index in [0.717, 1.165) is 11.3 Å². The van der Waals surface area contributed by atoms with Crippen molar-refractivity contribution in [2.45, 2.75) is 24.9 Å². The van der Waals surface area contributed by atoms with E-state index in [0.29, 0.717) is 18.4 Å². The number of hydrogen-bond donors (Lipinski definition) is 1. The molecule has 3 nitrogen and oxygen atoms in total. The van der Waals surface area contributed by atoms with Crippen molar-refractivity contribution in [3.8, 4) is 5.75 Å². The molecule has 0 saturated heterocycles. The minimum absolute atomic E-state index is 0.188. The number of fused-ring (bicyclic) bond motifs is 1. The van der Waals surface area contributed by atoms with Crippen LogP contribution in [-0.4, -0.2) is 17.2 Å². The standard InChI is InChI=1S/C17H15FO3/c18-13-6-3-5-11(8-13)15(17(19)20)10-14-9-12-4-1-2-7-16(12)21-14/h1-8,14-15H,9-10H2,(H,19,20). The third-order valence-electron chi connectivity index (χ3n) is 3.76. The number of halogens is 1. The molecule has 2 aromatic carbocycles. The number of carboxylic acids is 1. The largest absolute Gasteiger partial charge is 0.490 e. The highest BCUT2D eigenvalue weighted by atomic mass is 19.1. The molecule has 1 heterocycles. The first kappa shape index (κ1) is 13.6. The first-order valence-electron chi connectivity index (χ1n) is 6.86. The van der Waals surface area contributed by atoms with E-state index in [1.807, 2.05) is 24.3 Å². The number of aliphatic carboxylic acids is 1. The predicted molar refractivity (Wildman–Crippen MR) is 76.0 cm³/mol. The number of ether oxygens (including phenoxy) is 1. The van der Waals surface area contributed by atoms with Crippen molar-refractivity contribution in [2.24, 2.45) is 0 Å². The topological polar surface area (TPSA) is 46.5 Å². The van der Waals surface area contributed by atoms with Gasteiger partial charge in [0.25, 0.3) is 0 Å². The zero-order valence-electron chi connectivity index (χ0n) is 11.3. The lowest BCUT2D eigenvalue weighted by Gasteiger charge is -2.17. The van der Waals surface area contributed by atoms with E-state index in [9.17, 15) is 14.3 Å². The second kappa shape index (κ2) is 5.56. The number of benzene rings is 2. The van der Waals surface area contributed by atoms with Crippen molar-refractivity contribution in [3.63, 3.8) is 0 Å². The normalized spacial score (nSPS) is 17.9. The van der Waals surface area contributed by atoms with Crippen molar-refractivity contribution < 1.29 is 19.0 Å². The van der Waals surface area contributed by atoms with Gasteiger partial charge in [-0.25, -0.2) is 4.39 Å². The molecule has 108 valence electrons. The molecular weight excluding hydrogens is 271 g/mol. The fraction of sp³-hybridized carbons (Fsp3) is 0.235. The minimum Gasteiger partial charge on any atom is -0.490 e. The van der Waals surface area contributed by atoms with Crippen LogP contribution in [0, 0.1) is 5.82 Å². The Morgan fingerprint density at radius 1 is 1.29 bits per heavy atom. The van der Waals surface area contributed by atoms with Gasteiger partial charge in [-0.05, 0) is 29.3 Å². The maximum atomic E-state index is 13.3. The summed E-state index contributed by atoms with van der Waals surface area (Å²) in [5.41, 5.74) is 1.56. The molecular formula is C17H15FO3. The summed E-state index contributed by atoms with van der Waals surface area (Å²) in [6.07, 6.45) is 0.828. The summed E-state index contributed by atoms with van der Waals surface area (Å²) in [6, 6.07) is 13.5. The third-order valence-corrected chi connectivity index (χ3v) is 3.76. The molecule has 0 aromatic heterocycles. The van der Waals surface area contributed by atoms with Crippen LogP contribution in [0.1, 0.15) is 23.5 Å². The fourth-order valence-corrected chi connectivity index (χ4v) is 2.75. The highest BCUT2D eigenvalue weighted by molar-refractivity contribution is 5.76. The first-order chi connectivity index (χ1) is 10.1. The van der Waals surface area contributed by atoms with Crippen LogP contribution < -0.4 is 4.74 Å². The second-order valence-corrected chi connectivity index (χ2v) is 5.23. The Morgan fingerprint density at radius 3 is 2.81 bits per heavy atom. The zero-order valence-corrected chi connectivity index (χ0v) is 11.3. The van der Waals surface area contributed by atoms with Crippen LogP contribution in [-0.2, 0) is 11.2 Å². The minimum atomic E-state index is -0.958. The molecule has 0 saturated carbocycles. The van der Waals surface area contributed by atoms with Gasteiger partial charge >= 0.3 is 5.97 Å². The molecule has 1 aliphatic rings.